The molecule has 34 heavy (non-hydrogen) atoms. The van der Waals surface area contributed by atoms with Crippen molar-refractivity contribution in [3.05, 3.63) is 104 Å². The summed E-state index contributed by atoms with van der Waals surface area (Å²) in [4.78, 5) is 28.5. The quantitative estimate of drug-likeness (QED) is 0.373. The first-order chi connectivity index (χ1) is 16.2. The second kappa shape index (κ2) is 8.11. The van der Waals surface area contributed by atoms with Gasteiger partial charge in [0.15, 0.2) is 0 Å². The zero-order chi connectivity index (χ0) is 24.1. The minimum atomic E-state index is -0.754. The van der Waals surface area contributed by atoms with Crippen LogP contribution in [0.5, 0.6) is 0 Å². The molecule has 0 amide bonds. The topological polar surface area (TPSA) is 59.8 Å². The van der Waals surface area contributed by atoms with Crippen LogP contribution in [-0.2, 0) is 14.1 Å². The summed E-state index contributed by atoms with van der Waals surface area (Å²) in [5, 5.41) is 1.01. The van der Waals surface area contributed by atoms with E-state index >= 15 is 0 Å². The molecule has 0 saturated heterocycles. The molecule has 8 heteroatoms. The number of aromatic nitrogens is 3. The van der Waals surface area contributed by atoms with Crippen LogP contribution in [0.4, 0.5) is 8.78 Å². The zero-order valence-electron chi connectivity index (χ0n) is 18.2. The summed E-state index contributed by atoms with van der Waals surface area (Å²) in [6.07, 6.45) is 3.33. The Hall–Kier alpha value is -3.97. The van der Waals surface area contributed by atoms with Gasteiger partial charge in [0.1, 0.15) is 17.2 Å². The van der Waals surface area contributed by atoms with Gasteiger partial charge in [0.25, 0.3) is 11.1 Å². The number of aromatic amines is 1. The maximum atomic E-state index is 14.5. The number of rotatable bonds is 3. The molecule has 0 radical (unpaired) electrons. The fraction of sp³-hybridized carbons (Fsp3) is 0.0769. The molecule has 0 saturated carbocycles. The van der Waals surface area contributed by atoms with Crippen LogP contribution in [0.25, 0.3) is 44.4 Å². The summed E-state index contributed by atoms with van der Waals surface area (Å²) >= 11 is 6.48. The molecule has 0 aliphatic rings. The van der Waals surface area contributed by atoms with Crippen LogP contribution in [0.2, 0.25) is 5.02 Å². The minimum Gasteiger partial charge on any atom is -0.350 e. The van der Waals surface area contributed by atoms with Crippen molar-refractivity contribution < 1.29 is 8.78 Å². The third-order valence-electron chi connectivity index (χ3n) is 5.87. The number of hydrogen-bond donors (Lipinski definition) is 1. The average Bonchev–Trinajstić information content (AvgIpc) is 3.24. The first-order valence-corrected chi connectivity index (χ1v) is 10.8. The van der Waals surface area contributed by atoms with Gasteiger partial charge in [-0.3, -0.25) is 9.59 Å². The van der Waals surface area contributed by atoms with Gasteiger partial charge in [0.2, 0.25) is 0 Å². The molecule has 0 spiro atoms. The molecule has 1 N–H and O–H groups in total. The van der Waals surface area contributed by atoms with Crippen LogP contribution >= 0.6 is 11.6 Å². The molecule has 0 atom stereocenters. The molecular formula is C26H18ClF2N3O2. The summed E-state index contributed by atoms with van der Waals surface area (Å²) < 4.78 is 30.8. The van der Waals surface area contributed by atoms with E-state index in [9.17, 15) is 18.4 Å². The Morgan fingerprint density at radius 2 is 1.53 bits per heavy atom. The Kier molecular flexibility index (Phi) is 5.21. The van der Waals surface area contributed by atoms with E-state index in [1.54, 1.807) is 38.6 Å². The van der Waals surface area contributed by atoms with Gasteiger partial charge in [-0.15, -0.1) is 0 Å². The number of pyridine rings is 2. The molecule has 170 valence electrons. The Balaban J connectivity index is 1.85. The largest absolute Gasteiger partial charge is 0.350 e. The summed E-state index contributed by atoms with van der Waals surface area (Å²) in [7, 11) is 3.25. The van der Waals surface area contributed by atoms with Crippen molar-refractivity contribution in [3.8, 4) is 33.5 Å². The summed E-state index contributed by atoms with van der Waals surface area (Å²) in [5.74, 6) is -1.45. The first-order valence-electron chi connectivity index (χ1n) is 10.4. The van der Waals surface area contributed by atoms with Crippen LogP contribution < -0.4 is 11.1 Å². The van der Waals surface area contributed by atoms with E-state index in [1.807, 2.05) is 18.2 Å². The Labute approximate surface area is 197 Å². The molecule has 3 heterocycles. The lowest BCUT2D eigenvalue weighted by atomic mass is 9.95. The normalized spacial score (nSPS) is 11.3. The lowest BCUT2D eigenvalue weighted by molar-refractivity contribution is 0.585. The molecular weight excluding hydrogens is 460 g/mol. The van der Waals surface area contributed by atoms with E-state index in [0.29, 0.717) is 32.8 Å². The maximum absolute atomic E-state index is 14.5. The van der Waals surface area contributed by atoms with E-state index < -0.39 is 11.6 Å². The molecule has 0 fully saturated rings. The highest BCUT2D eigenvalue weighted by molar-refractivity contribution is 6.33. The van der Waals surface area contributed by atoms with Crippen LogP contribution in [-0.4, -0.2) is 14.1 Å². The van der Waals surface area contributed by atoms with Gasteiger partial charge < -0.3 is 14.1 Å². The highest BCUT2D eigenvalue weighted by Gasteiger charge is 2.19. The summed E-state index contributed by atoms with van der Waals surface area (Å²) in [6, 6.07) is 13.6. The fourth-order valence-electron chi connectivity index (χ4n) is 4.15. The second-order valence-corrected chi connectivity index (χ2v) is 8.49. The van der Waals surface area contributed by atoms with Gasteiger partial charge >= 0.3 is 0 Å². The Bertz CT molecular complexity index is 1720. The van der Waals surface area contributed by atoms with E-state index in [2.05, 4.69) is 4.98 Å². The van der Waals surface area contributed by atoms with Gasteiger partial charge in [-0.05, 0) is 29.8 Å². The van der Waals surface area contributed by atoms with Gasteiger partial charge in [0.05, 0.1) is 0 Å². The third kappa shape index (κ3) is 3.54. The van der Waals surface area contributed by atoms with Gasteiger partial charge in [-0.2, -0.15) is 0 Å². The van der Waals surface area contributed by atoms with Crippen molar-refractivity contribution in [2.45, 2.75) is 0 Å². The lowest BCUT2D eigenvalue weighted by Gasteiger charge is -2.14. The van der Waals surface area contributed by atoms with Gasteiger partial charge in [-0.1, -0.05) is 29.8 Å². The highest BCUT2D eigenvalue weighted by atomic mass is 35.5. The van der Waals surface area contributed by atoms with Crippen molar-refractivity contribution >= 4 is 22.5 Å². The smallest absolute Gasteiger partial charge is 0.274 e. The number of fused-ring (bicyclic) bond motifs is 1. The molecule has 3 aromatic heterocycles. The van der Waals surface area contributed by atoms with Crippen molar-refractivity contribution in [1.82, 2.24) is 14.1 Å². The van der Waals surface area contributed by atoms with E-state index in [4.69, 9.17) is 11.6 Å². The number of hydrogen-bond acceptors (Lipinski definition) is 2. The van der Waals surface area contributed by atoms with Gasteiger partial charge in [-0.25, -0.2) is 8.78 Å². The maximum Gasteiger partial charge on any atom is 0.274 e. The average molecular weight is 478 g/mol. The Morgan fingerprint density at radius 1 is 0.794 bits per heavy atom. The number of benzene rings is 2. The predicted molar refractivity (Wildman–Crippen MR) is 130 cm³/mol. The third-order valence-corrected chi connectivity index (χ3v) is 6.20. The minimum absolute atomic E-state index is 0.126. The SMILES string of the molecule is Cn1cc(-c2ccccc2Cl)c(-c2cn(C)c(=O)c3[nH]c(-c4ccc(F)cc4F)cc23)cc1=O. The molecule has 5 rings (SSSR count). The van der Waals surface area contributed by atoms with Crippen molar-refractivity contribution in [2.75, 3.05) is 0 Å². The number of H-pyrrole nitrogens is 1. The number of aryl methyl sites for hydroxylation is 2. The van der Waals surface area contributed by atoms with E-state index in [1.165, 1.54) is 21.3 Å². The van der Waals surface area contributed by atoms with Crippen molar-refractivity contribution in [3.63, 3.8) is 0 Å². The predicted octanol–water partition coefficient (Wildman–Crippen LogP) is 5.50. The Morgan fingerprint density at radius 3 is 2.26 bits per heavy atom. The van der Waals surface area contributed by atoms with E-state index in [-0.39, 0.29) is 22.2 Å². The molecule has 5 aromatic rings. The van der Waals surface area contributed by atoms with Gasteiger partial charge in [0, 0.05) is 77.0 Å². The molecule has 0 unspecified atom stereocenters. The standard InChI is InChI=1S/C26H18ClF2N3O2/c1-31-12-19(15-5-3-4-6-21(15)27)17(11-24(31)33)20-13-32(2)26(34)25-18(20)10-23(30-25)16-8-7-14(28)9-22(16)29/h3-13,30H,1-2H3. The second-order valence-electron chi connectivity index (χ2n) is 8.08. The van der Waals surface area contributed by atoms with Crippen LogP contribution in [0.3, 0.4) is 0 Å². The number of nitrogens with zero attached hydrogens (tertiary/aromatic N) is 2. The van der Waals surface area contributed by atoms with E-state index in [0.717, 1.165) is 17.7 Å². The zero-order valence-corrected chi connectivity index (χ0v) is 19.0. The molecule has 5 nitrogen and oxygen atoms in total. The highest BCUT2D eigenvalue weighted by Crippen LogP contribution is 2.38. The number of nitrogens with one attached hydrogen (secondary N) is 1. The van der Waals surface area contributed by atoms with Crippen molar-refractivity contribution in [2.24, 2.45) is 14.1 Å². The monoisotopic (exact) mass is 477 g/mol. The summed E-state index contributed by atoms with van der Waals surface area (Å²) in [6.45, 7) is 0. The van der Waals surface area contributed by atoms with Crippen LogP contribution in [0, 0.1) is 11.6 Å². The molecule has 0 aliphatic heterocycles. The van der Waals surface area contributed by atoms with Crippen LogP contribution in [0.15, 0.2) is 76.6 Å². The summed E-state index contributed by atoms with van der Waals surface area (Å²) in [5.41, 5.74) is 2.70. The molecule has 0 aliphatic carbocycles. The molecule has 0 bridgehead atoms. The molecule has 2 aromatic carbocycles. The fourth-order valence-corrected chi connectivity index (χ4v) is 4.39. The van der Waals surface area contributed by atoms with Crippen LogP contribution in [0.1, 0.15) is 0 Å². The number of halogens is 3. The lowest BCUT2D eigenvalue weighted by Crippen LogP contribution is -2.18. The first kappa shape index (κ1) is 21.9. The van der Waals surface area contributed by atoms with Crippen molar-refractivity contribution in [1.29, 1.82) is 0 Å².